The van der Waals surface area contributed by atoms with Crippen molar-refractivity contribution in [3.63, 3.8) is 0 Å². The molecule has 0 saturated carbocycles. The second kappa shape index (κ2) is 3.38. The number of aryl methyl sites for hydroxylation is 1. The van der Waals surface area contributed by atoms with Crippen molar-refractivity contribution in [1.82, 2.24) is 9.78 Å². The topological polar surface area (TPSA) is 17.8 Å². The van der Waals surface area contributed by atoms with Gasteiger partial charge in [0, 0.05) is 6.54 Å². The quantitative estimate of drug-likeness (QED) is 0.700. The Hall–Kier alpha value is -0.0200. The molecular weight excluding hydrogens is 239 g/mol. The zero-order valence-electron chi connectivity index (χ0n) is 6.69. The van der Waals surface area contributed by atoms with Gasteiger partial charge in [-0.3, -0.25) is 4.68 Å². The highest BCUT2D eigenvalue weighted by molar-refractivity contribution is 9.10. The highest BCUT2D eigenvalue weighted by Crippen LogP contribution is 2.27. The fourth-order valence-corrected chi connectivity index (χ4v) is 2.56. The number of alkyl halides is 1. The van der Waals surface area contributed by atoms with Crippen LogP contribution in [0.5, 0.6) is 0 Å². The summed E-state index contributed by atoms with van der Waals surface area (Å²) in [4.78, 5) is 0. The van der Waals surface area contributed by atoms with Gasteiger partial charge in [-0.05, 0) is 35.2 Å². The van der Waals surface area contributed by atoms with Crippen LogP contribution in [0.25, 0.3) is 0 Å². The van der Waals surface area contributed by atoms with Gasteiger partial charge in [0.05, 0.1) is 21.7 Å². The molecule has 0 radical (unpaired) electrons. The molecule has 0 amide bonds. The summed E-state index contributed by atoms with van der Waals surface area (Å²) in [5.74, 6) is 0.501. The van der Waals surface area contributed by atoms with Gasteiger partial charge >= 0.3 is 0 Å². The minimum absolute atomic E-state index is 0.501. The van der Waals surface area contributed by atoms with Gasteiger partial charge in [0.1, 0.15) is 0 Å². The average molecular weight is 250 g/mol. The summed E-state index contributed by atoms with van der Waals surface area (Å²) >= 11 is 9.28. The first kappa shape index (κ1) is 8.57. The maximum atomic E-state index is 5.75. The molecule has 2 heterocycles. The third-order valence-corrected chi connectivity index (χ3v) is 3.39. The number of hydrogen-bond donors (Lipinski definition) is 0. The SMILES string of the molecule is ClCc1nn2c(c1Br)CCCC2. The summed E-state index contributed by atoms with van der Waals surface area (Å²) in [6.07, 6.45) is 3.64. The molecule has 0 N–H and O–H groups in total. The van der Waals surface area contributed by atoms with Crippen molar-refractivity contribution in [1.29, 1.82) is 0 Å². The van der Waals surface area contributed by atoms with Crippen LogP contribution in [0.3, 0.4) is 0 Å². The highest BCUT2D eigenvalue weighted by Gasteiger charge is 2.17. The maximum Gasteiger partial charge on any atom is 0.0917 e. The monoisotopic (exact) mass is 248 g/mol. The van der Waals surface area contributed by atoms with Crippen molar-refractivity contribution in [3.05, 3.63) is 15.9 Å². The Kier molecular flexibility index (Phi) is 2.42. The Bertz CT molecular complexity index is 295. The minimum Gasteiger partial charge on any atom is -0.268 e. The van der Waals surface area contributed by atoms with Gasteiger partial charge in [-0.15, -0.1) is 11.6 Å². The molecule has 1 aromatic rings. The van der Waals surface area contributed by atoms with Crippen LogP contribution in [0.2, 0.25) is 0 Å². The lowest BCUT2D eigenvalue weighted by Crippen LogP contribution is -2.11. The van der Waals surface area contributed by atoms with Gasteiger partial charge in [-0.1, -0.05) is 0 Å². The van der Waals surface area contributed by atoms with Crippen LogP contribution in [-0.4, -0.2) is 9.78 Å². The van der Waals surface area contributed by atoms with Crippen LogP contribution in [0.4, 0.5) is 0 Å². The number of fused-ring (bicyclic) bond motifs is 1. The van der Waals surface area contributed by atoms with Crippen molar-refractivity contribution >= 4 is 27.5 Å². The predicted molar refractivity (Wildman–Crippen MR) is 52.4 cm³/mol. The summed E-state index contributed by atoms with van der Waals surface area (Å²) in [7, 11) is 0. The average Bonchev–Trinajstić information content (AvgIpc) is 2.44. The van der Waals surface area contributed by atoms with Crippen molar-refractivity contribution in [2.45, 2.75) is 31.7 Å². The van der Waals surface area contributed by atoms with Crippen molar-refractivity contribution in [2.24, 2.45) is 0 Å². The third-order valence-electron chi connectivity index (χ3n) is 2.22. The van der Waals surface area contributed by atoms with E-state index in [2.05, 4.69) is 25.7 Å². The summed E-state index contributed by atoms with van der Waals surface area (Å²) in [5.41, 5.74) is 2.30. The molecule has 0 saturated heterocycles. The summed E-state index contributed by atoms with van der Waals surface area (Å²) < 4.78 is 3.20. The van der Waals surface area contributed by atoms with E-state index in [-0.39, 0.29) is 0 Å². The zero-order chi connectivity index (χ0) is 8.55. The van der Waals surface area contributed by atoms with Crippen molar-refractivity contribution in [3.8, 4) is 0 Å². The maximum absolute atomic E-state index is 5.75. The first-order valence-electron chi connectivity index (χ1n) is 4.13. The van der Waals surface area contributed by atoms with E-state index in [0.717, 1.165) is 23.1 Å². The number of aromatic nitrogens is 2. The molecule has 0 aliphatic carbocycles. The fourth-order valence-electron chi connectivity index (χ4n) is 1.59. The van der Waals surface area contributed by atoms with Gasteiger partial charge in [0.15, 0.2) is 0 Å². The number of rotatable bonds is 1. The fraction of sp³-hybridized carbons (Fsp3) is 0.625. The van der Waals surface area contributed by atoms with E-state index in [0.29, 0.717) is 5.88 Å². The Labute approximate surface area is 85.0 Å². The minimum atomic E-state index is 0.501. The molecule has 0 fully saturated rings. The Morgan fingerprint density at radius 3 is 3.00 bits per heavy atom. The second-order valence-corrected chi connectivity index (χ2v) is 4.08. The standard InChI is InChI=1S/C8H10BrClN2/c9-8-6(5-10)11-12-4-2-1-3-7(8)12/h1-5H2. The van der Waals surface area contributed by atoms with E-state index in [1.54, 1.807) is 0 Å². The van der Waals surface area contributed by atoms with Crippen LogP contribution >= 0.6 is 27.5 Å². The zero-order valence-corrected chi connectivity index (χ0v) is 9.03. The highest BCUT2D eigenvalue weighted by atomic mass is 79.9. The molecule has 0 atom stereocenters. The van der Waals surface area contributed by atoms with Gasteiger partial charge in [-0.25, -0.2) is 0 Å². The second-order valence-electron chi connectivity index (χ2n) is 3.02. The molecule has 0 spiro atoms. The van der Waals surface area contributed by atoms with Crippen LogP contribution in [0, 0.1) is 0 Å². The molecule has 2 rings (SSSR count). The molecule has 1 aliphatic heterocycles. The van der Waals surface area contributed by atoms with E-state index < -0.39 is 0 Å². The molecule has 1 aliphatic rings. The van der Waals surface area contributed by atoms with Crippen LogP contribution in [0.15, 0.2) is 4.47 Å². The Balaban J connectivity index is 2.44. The van der Waals surface area contributed by atoms with Gasteiger partial charge in [0.25, 0.3) is 0 Å². The van der Waals surface area contributed by atoms with Gasteiger partial charge in [0.2, 0.25) is 0 Å². The Morgan fingerprint density at radius 2 is 2.33 bits per heavy atom. The van der Waals surface area contributed by atoms with E-state index >= 15 is 0 Å². The van der Waals surface area contributed by atoms with Crippen LogP contribution < -0.4 is 0 Å². The largest absolute Gasteiger partial charge is 0.268 e. The first-order valence-corrected chi connectivity index (χ1v) is 5.45. The lowest BCUT2D eigenvalue weighted by Gasteiger charge is -2.12. The van der Waals surface area contributed by atoms with Crippen molar-refractivity contribution < 1.29 is 0 Å². The van der Waals surface area contributed by atoms with E-state index in [1.807, 2.05) is 0 Å². The van der Waals surface area contributed by atoms with Crippen molar-refractivity contribution in [2.75, 3.05) is 0 Å². The smallest absolute Gasteiger partial charge is 0.0917 e. The van der Waals surface area contributed by atoms with E-state index in [9.17, 15) is 0 Å². The summed E-state index contributed by atoms with van der Waals surface area (Å²) in [6.45, 7) is 1.05. The molecule has 1 aromatic heterocycles. The molecule has 0 aromatic carbocycles. The van der Waals surface area contributed by atoms with Crippen LogP contribution in [0.1, 0.15) is 24.2 Å². The Morgan fingerprint density at radius 1 is 1.50 bits per heavy atom. The number of hydrogen-bond acceptors (Lipinski definition) is 1. The molecule has 66 valence electrons. The molecule has 0 bridgehead atoms. The molecule has 0 unspecified atom stereocenters. The first-order chi connectivity index (χ1) is 5.83. The predicted octanol–water partition coefficient (Wildman–Crippen LogP) is 2.72. The van der Waals surface area contributed by atoms with E-state index in [1.165, 1.54) is 18.5 Å². The molecule has 2 nitrogen and oxygen atoms in total. The lowest BCUT2D eigenvalue weighted by atomic mass is 10.1. The number of nitrogens with zero attached hydrogens (tertiary/aromatic N) is 2. The van der Waals surface area contributed by atoms with Gasteiger partial charge < -0.3 is 0 Å². The molecule has 12 heavy (non-hydrogen) atoms. The molecular formula is C8H10BrClN2. The summed E-state index contributed by atoms with van der Waals surface area (Å²) in [5, 5.41) is 4.41. The number of halogens is 2. The van der Waals surface area contributed by atoms with E-state index in [4.69, 9.17) is 11.6 Å². The normalized spacial score (nSPS) is 16.2. The van der Waals surface area contributed by atoms with Crippen LogP contribution in [-0.2, 0) is 18.8 Å². The van der Waals surface area contributed by atoms with Gasteiger partial charge in [-0.2, -0.15) is 5.10 Å². The third kappa shape index (κ3) is 1.29. The summed E-state index contributed by atoms with van der Waals surface area (Å²) in [6, 6.07) is 0. The molecule has 4 heteroatoms. The lowest BCUT2D eigenvalue weighted by molar-refractivity contribution is 0.483.